The van der Waals surface area contributed by atoms with E-state index >= 15 is 0 Å². The van der Waals surface area contributed by atoms with Crippen LogP contribution in [0.5, 0.6) is 0 Å². The second-order valence-electron chi connectivity index (χ2n) is 6.00. The maximum atomic E-state index is 12.5. The maximum absolute atomic E-state index is 12.5. The number of carbonyl (C=O) groups excluding carboxylic acids is 1. The number of carbonyl (C=O) groups is 1. The van der Waals surface area contributed by atoms with Crippen LogP contribution in [0, 0.1) is 6.92 Å². The summed E-state index contributed by atoms with van der Waals surface area (Å²) in [4.78, 5) is 14.5. The number of rotatable bonds is 3. The summed E-state index contributed by atoms with van der Waals surface area (Å²) in [6, 6.07) is 6.51. The lowest BCUT2D eigenvalue weighted by Gasteiger charge is -2.21. The predicted molar refractivity (Wildman–Crippen MR) is 83.0 cm³/mol. The predicted octanol–water partition coefficient (Wildman–Crippen LogP) is 2.48. The van der Waals surface area contributed by atoms with E-state index in [0.29, 0.717) is 12.3 Å². The number of aryl methyl sites for hydroxylation is 1. The van der Waals surface area contributed by atoms with Crippen LogP contribution in [-0.4, -0.2) is 37.0 Å². The molecule has 0 aliphatic carbocycles. The highest BCUT2D eigenvalue weighted by atomic mass is 16.2. The Morgan fingerprint density at radius 2 is 2.10 bits per heavy atom. The van der Waals surface area contributed by atoms with Crippen LogP contribution >= 0.6 is 0 Å². The molecule has 0 aromatic heterocycles. The molecular formula is C17H26N2O. The molecule has 1 aromatic rings. The van der Waals surface area contributed by atoms with Gasteiger partial charge >= 0.3 is 0 Å². The fourth-order valence-corrected chi connectivity index (χ4v) is 2.61. The van der Waals surface area contributed by atoms with Crippen molar-refractivity contribution in [3.05, 3.63) is 34.9 Å². The monoisotopic (exact) mass is 274 g/mol. The van der Waals surface area contributed by atoms with Crippen LogP contribution in [0.25, 0.3) is 0 Å². The lowest BCUT2D eigenvalue weighted by atomic mass is 9.96. The van der Waals surface area contributed by atoms with Crippen LogP contribution in [-0.2, 0) is 11.2 Å². The Morgan fingerprint density at radius 3 is 2.85 bits per heavy atom. The molecular weight excluding hydrogens is 248 g/mol. The summed E-state index contributed by atoms with van der Waals surface area (Å²) in [5.41, 5.74) is 3.71. The van der Waals surface area contributed by atoms with Gasteiger partial charge in [-0.3, -0.25) is 4.79 Å². The van der Waals surface area contributed by atoms with Gasteiger partial charge in [0.15, 0.2) is 0 Å². The zero-order valence-corrected chi connectivity index (χ0v) is 12.9. The molecule has 1 aromatic carbocycles. The minimum Gasteiger partial charge on any atom is -0.341 e. The Morgan fingerprint density at radius 1 is 1.30 bits per heavy atom. The molecule has 110 valence electrons. The normalized spacial score (nSPS) is 16.3. The van der Waals surface area contributed by atoms with Crippen molar-refractivity contribution < 1.29 is 4.79 Å². The van der Waals surface area contributed by atoms with Crippen LogP contribution in [0.3, 0.4) is 0 Å². The number of benzene rings is 1. The van der Waals surface area contributed by atoms with Gasteiger partial charge in [0.2, 0.25) is 5.91 Å². The smallest absolute Gasteiger partial charge is 0.227 e. The SMILES string of the molecule is Cc1ccc(C(C)C)cc1CC(=O)N1CCCNCC1. The highest BCUT2D eigenvalue weighted by Gasteiger charge is 2.16. The van der Waals surface area contributed by atoms with Crippen LogP contribution in [0.1, 0.15) is 42.9 Å². The number of nitrogens with one attached hydrogen (secondary N) is 1. The summed E-state index contributed by atoms with van der Waals surface area (Å²) in [5, 5.41) is 3.34. The van der Waals surface area contributed by atoms with Crippen LogP contribution < -0.4 is 5.32 Å². The van der Waals surface area contributed by atoms with E-state index in [1.807, 2.05) is 4.90 Å². The van der Waals surface area contributed by atoms with E-state index in [1.165, 1.54) is 16.7 Å². The van der Waals surface area contributed by atoms with Gasteiger partial charge in [-0.25, -0.2) is 0 Å². The molecule has 1 amide bonds. The summed E-state index contributed by atoms with van der Waals surface area (Å²) < 4.78 is 0. The first kappa shape index (κ1) is 15.0. The van der Waals surface area contributed by atoms with Gasteiger partial charge in [-0.1, -0.05) is 32.0 Å². The van der Waals surface area contributed by atoms with Crippen molar-refractivity contribution in [3.63, 3.8) is 0 Å². The topological polar surface area (TPSA) is 32.3 Å². The van der Waals surface area contributed by atoms with Crippen molar-refractivity contribution in [2.45, 2.75) is 39.5 Å². The average molecular weight is 274 g/mol. The molecule has 0 radical (unpaired) electrons. The van der Waals surface area contributed by atoms with Crippen molar-refractivity contribution in [1.82, 2.24) is 10.2 Å². The molecule has 20 heavy (non-hydrogen) atoms. The molecule has 1 N–H and O–H groups in total. The molecule has 0 unspecified atom stereocenters. The van der Waals surface area contributed by atoms with Gasteiger partial charge in [0, 0.05) is 19.6 Å². The molecule has 3 heteroatoms. The Kier molecular flexibility index (Phi) is 5.18. The minimum absolute atomic E-state index is 0.262. The van der Waals surface area contributed by atoms with Crippen molar-refractivity contribution in [1.29, 1.82) is 0 Å². The molecule has 1 saturated heterocycles. The highest BCUT2D eigenvalue weighted by molar-refractivity contribution is 5.79. The highest BCUT2D eigenvalue weighted by Crippen LogP contribution is 2.19. The zero-order valence-electron chi connectivity index (χ0n) is 12.9. The Balaban J connectivity index is 2.08. The van der Waals surface area contributed by atoms with Gasteiger partial charge < -0.3 is 10.2 Å². The zero-order chi connectivity index (χ0) is 14.5. The Labute approximate surface area is 122 Å². The largest absolute Gasteiger partial charge is 0.341 e. The third-order valence-corrected chi connectivity index (χ3v) is 4.07. The summed E-state index contributed by atoms with van der Waals surface area (Å²) in [6.45, 7) is 10.1. The van der Waals surface area contributed by atoms with Gasteiger partial charge in [0.25, 0.3) is 0 Å². The molecule has 0 bridgehead atoms. The fourth-order valence-electron chi connectivity index (χ4n) is 2.61. The molecule has 1 fully saturated rings. The van der Waals surface area contributed by atoms with E-state index in [0.717, 1.165) is 32.6 Å². The second-order valence-corrected chi connectivity index (χ2v) is 6.00. The number of amides is 1. The van der Waals surface area contributed by atoms with E-state index in [2.05, 4.69) is 44.3 Å². The molecule has 0 spiro atoms. The van der Waals surface area contributed by atoms with Crippen molar-refractivity contribution in [2.75, 3.05) is 26.2 Å². The van der Waals surface area contributed by atoms with Crippen molar-refractivity contribution in [3.8, 4) is 0 Å². The van der Waals surface area contributed by atoms with Crippen LogP contribution in [0.4, 0.5) is 0 Å². The van der Waals surface area contributed by atoms with Crippen molar-refractivity contribution in [2.24, 2.45) is 0 Å². The number of nitrogens with zero attached hydrogens (tertiary/aromatic N) is 1. The lowest BCUT2D eigenvalue weighted by Crippen LogP contribution is -2.35. The average Bonchev–Trinajstić information content (AvgIpc) is 2.70. The van der Waals surface area contributed by atoms with E-state index in [-0.39, 0.29) is 5.91 Å². The quantitative estimate of drug-likeness (QED) is 0.918. The Hall–Kier alpha value is -1.35. The summed E-state index contributed by atoms with van der Waals surface area (Å²) >= 11 is 0. The van der Waals surface area contributed by atoms with Crippen LogP contribution in [0.2, 0.25) is 0 Å². The second kappa shape index (κ2) is 6.89. The standard InChI is InChI=1S/C17H26N2O/c1-13(2)15-6-5-14(3)16(11-15)12-17(20)19-9-4-7-18-8-10-19/h5-6,11,13,18H,4,7-10,12H2,1-3H3. The minimum atomic E-state index is 0.262. The first-order chi connectivity index (χ1) is 9.58. The third kappa shape index (κ3) is 3.83. The third-order valence-electron chi connectivity index (χ3n) is 4.07. The van der Waals surface area contributed by atoms with Gasteiger partial charge in [0.1, 0.15) is 0 Å². The Bertz CT molecular complexity index is 460. The molecule has 0 saturated carbocycles. The van der Waals surface area contributed by atoms with Gasteiger partial charge in [0.05, 0.1) is 6.42 Å². The molecule has 0 atom stereocenters. The number of hydrogen-bond donors (Lipinski definition) is 1. The first-order valence-electron chi connectivity index (χ1n) is 7.66. The van der Waals surface area contributed by atoms with Crippen LogP contribution in [0.15, 0.2) is 18.2 Å². The van der Waals surface area contributed by atoms with E-state index in [4.69, 9.17) is 0 Å². The van der Waals surface area contributed by atoms with Crippen molar-refractivity contribution >= 4 is 5.91 Å². The molecule has 2 rings (SSSR count). The summed E-state index contributed by atoms with van der Waals surface area (Å²) in [5.74, 6) is 0.768. The van der Waals surface area contributed by atoms with Gasteiger partial charge in [-0.15, -0.1) is 0 Å². The molecule has 1 heterocycles. The summed E-state index contributed by atoms with van der Waals surface area (Å²) in [7, 11) is 0. The van der Waals surface area contributed by atoms with E-state index < -0.39 is 0 Å². The maximum Gasteiger partial charge on any atom is 0.227 e. The van der Waals surface area contributed by atoms with E-state index in [9.17, 15) is 4.79 Å². The lowest BCUT2D eigenvalue weighted by molar-refractivity contribution is -0.130. The molecule has 1 aliphatic heterocycles. The first-order valence-corrected chi connectivity index (χ1v) is 7.66. The number of hydrogen-bond acceptors (Lipinski definition) is 2. The van der Waals surface area contributed by atoms with Gasteiger partial charge in [-0.05, 0) is 42.5 Å². The van der Waals surface area contributed by atoms with E-state index in [1.54, 1.807) is 0 Å². The van der Waals surface area contributed by atoms with Gasteiger partial charge in [-0.2, -0.15) is 0 Å². The molecule has 3 nitrogen and oxygen atoms in total. The fraction of sp³-hybridized carbons (Fsp3) is 0.588. The molecule has 1 aliphatic rings. The summed E-state index contributed by atoms with van der Waals surface area (Å²) in [6.07, 6.45) is 1.59.